The molecule has 1 fully saturated rings. The summed E-state index contributed by atoms with van der Waals surface area (Å²) in [6.45, 7) is 6.13. The van der Waals surface area contributed by atoms with Crippen LogP contribution in [0.5, 0.6) is 11.5 Å². The van der Waals surface area contributed by atoms with E-state index in [1.165, 1.54) is 21.9 Å². The van der Waals surface area contributed by atoms with Gasteiger partial charge < -0.3 is 15.8 Å². The van der Waals surface area contributed by atoms with Crippen LogP contribution in [0.3, 0.4) is 0 Å². The molecule has 11 nitrogen and oxygen atoms in total. The van der Waals surface area contributed by atoms with Crippen LogP contribution in [0.25, 0.3) is 16.9 Å². The van der Waals surface area contributed by atoms with E-state index in [4.69, 9.17) is 10.5 Å². The number of hydrogen-bond donors (Lipinski definition) is 2. The van der Waals surface area contributed by atoms with Crippen molar-refractivity contribution in [3.8, 4) is 23.3 Å². The monoisotopic (exact) mass is 566 g/mol. The van der Waals surface area contributed by atoms with E-state index in [1.807, 2.05) is 50.2 Å². The molecule has 0 aliphatic carbocycles. The molecule has 3 heterocycles. The smallest absolute Gasteiger partial charge is 0.335 e. The van der Waals surface area contributed by atoms with Crippen LogP contribution in [0.2, 0.25) is 0 Å². The van der Waals surface area contributed by atoms with E-state index >= 15 is 0 Å². The minimum absolute atomic E-state index is 0.0460. The van der Waals surface area contributed by atoms with Gasteiger partial charge in [0.05, 0.1) is 5.69 Å². The minimum atomic E-state index is -0.484. The second kappa shape index (κ2) is 12.3. The van der Waals surface area contributed by atoms with Gasteiger partial charge in [0.2, 0.25) is 0 Å². The number of likely N-dealkylation sites (tertiary alicyclic amines) is 1. The van der Waals surface area contributed by atoms with E-state index in [9.17, 15) is 14.9 Å². The van der Waals surface area contributed by atoms with Gasteiger partial charge in [0.1, 0.15) is 35.0 Å². The lowest BCUT2D eigenvalue weighted by Gasteiger charge is -2.39. The number of fused-ring (bicyclic) bond motifs is 1. The summed E-state index contributed by atoms with van der Waals surface area (Å²) < 4.78 is 8.76. The zero-order valence-electron chi connectivity index (χ0n) is 23.8. The van der Waals surface area contributed by atoms with E-state index in [0.717, 1.165) is 25.9 Å². The van der Waals surface area contributed by atoms with Gasteiger partial charge >= 0.3 is 5.69 Å². The third-order valence-electron chi connectivity index (χ3n) is 7.46. The summed E-state index contributed by atoms with van der Waals surface area (Å²) in [6, 6.07) is 18.5. The van der Waals surface area contributed by atoms with Crippen LogP contribution in [-0.2, 0) is 11.3 Å². The largest absolute Gasteiger partial charge is 0.457 e. The average molecular weight is 567 g/mol. The van der Waals surface area contributed by atoms with Crippen molar-refractivity contribution in [3.05, 3.63) is 83.1 Å². The standard InChI is InChI=1S/C31H34N8O3/c1-31(2,37-16-7-4-8-17-37)19-22(20-32)29(40)34-15-18-38-28-26(27(33)35-21-36-28)39(30(38)41)23-11-13-25(14-12-23)42-24-9-5-3-6-10-24/h3,5-6,9-14,19,21H,4,7-8,15-18H2,1-2H3,(H,34,40)(H2,33,35,36). The van der Waals surface area contributed by atoms with Gasteiger partial charge in [-0.25, -0.2) is 14.8 Å². The predicted molar refractivity (Wildman–Crippen MR) is 160 cm³/mol. The van der Waals surface area contributed by atoms with E-state index < -0.39 is 11.4 Å². The first-order valence-corrected chi connectivity index (χ1v) is 14.0. The number of nitriles is 1. The predicted octanol–water partition coefficient (Wildman–Crippen LogP) is 3.79. The molecule has 42 heavy (non-hydrogen) atoms. The number of rotatable bonds is 9. The summed E-state index contributed by atoms with van der Waals surface area (Å²) >= 11 is 0. The fourth-order valence-electron chi connectivity index (χ4n) is 5.27. The Hall–Kier alpha value is -4.95. The number of carbonyl (C=O) groups is 1. The number of anilines is 1. The van der Waals surface area contributed by atoms with Crippen molar-refractivity contribution in [1.82, 2.24) is 29.3 Å². The van der Waals surface area contributed by atoms with Crippen molar-refractivity contribution in [2.45, 2.75) is 45.2 Å². The lowest BCUT2D eigenvalue weighted by Crippen LogP contribution is -2.46. The normalized spacial score (nSPS) is 14.5. The molecule has 1 aliphatic rings. The van der Waals surface area contributed by atoms with Gasteiger partial charge in [-0.1, -0.05) is 24.6 Å². The molecule has 2 aromatic heterocycles. The number of benzene rings is 2. The molecule has 4 aromatic rings. The van der Waals surface area contributed by atoms with Gasteiger partial charge in [-0.2, -0.15) is 5.26 Å². The molecule has 0 unspecified atom stereocenters. The summed E-state index contributed by atoms with van der Waals surface area (Å²) in [7, 11) is 0. The topological polar surface area (TPSA) is 144 Å². The molecule has 0 bridgehead atoms. The molecule has 5 rings (SSSR count). The molecule has 1 aliphatic heterocycles. The number of piperidine rings is 1. The van der Waals surface area contributed by atoms with Gasteiger partial charge in [0.15, 0.2) is 11.5 Å². The number of hydrogen-bond acceptors (Lipinski definition) is 8. The van der Waals surface area contributed by atoms with Crippen LogP contribution in [0.1, 0.15) is 33.1 Å². The number of carbonyl (C=O) groups excluding carboxylic acids is 1. The highest BCUT2D eigenvalue weighted by Gasteiger charge is 2.28. The lowest BCUT2D eigenvalue weighted by molar-refractivity contribution is -0.117. The third-order valence-corrected chi connectivity index (χ3v) is 7.46. The maximum absolute atomic E-state index is 13.6. The Morgan fingerprint density at radius 2 is 1.76 bits per heavy atom. The highest BCUT2D eigenvalue weighted by molar-refractivity contribution is 5.97. The second-order valence-electron chi connectivity index (χ2n) is 10.7. The number of aromatic nitrogens is 4. The van der Waals surface area contributed by atoms with Crippen molar-refractivity contribution in [3.63, 3.8) is 0 Å². The Bertz CT molecular complexity index is 1690. The van der Waals surface area contributed by atoms with Gasteiger partial charge in [-0.05, 0) is 82.3 Å². The summed E-state index contributed by atoms with van der Waals surface area (Å²) in [5.41, 5.74) is 6.70. The molecule has 0 atom stereocenters. The fourth-order valence-corrected chi connectivity index (χ4v) is 5.27. The Labute approximate surface area is 243 Å². The first-order valence-electron chi connectivity index (χ1n) is 14.0. The summed E-state index contributed by atoms with van der Waals surface area (Å²) in [6.07, 6.45) is 6.43. The van der Waals surface area contributed by atoms with Crippen molar-refractivity contribution >= 4 is 22.9 Å². The quantitative estimate of drug-likeness (QED) is 0.230. The number of nitrogen functional groups attached to an aromatic ring is 1. The molecule has 1 saturated heterocycles. The highest BCUT2D eigenvalue weighted by Crippen LogP contribution is 2.25. The van der Waals surface area contributed by atoms with Crippen LogP contribution < -0.4 is 21.5 Å². The Kier molecular flexibility index (Phi) is 8.36. The molecule has 0 radical (unpaired) electrons. The molecular formula is C31H34N8O3. The van der Waals surface area contributed by atoms with Crippen molar-refractivity contribution < 1.29 is 9.53 Å². The molecule has 1 amide bonds. The first-order chi connectivity index (χ1) is 20.3. The van der Waals surface area contributed by atoms with Crippen molar-refractivity contribution in [1.29, 1.82) is 5.26 Å². The fraction of sp³-hybridized carbons (Fsp3) is 0.323. The molecule has 11 heteroatoms. The number of amides is 1. The van der Waals surface area contributed by atoms with Gasteiger partial charge in [0, 0.05) is 18.6 Å². The van der Waals surface area contributed by atoms with Gasteiger partial charge in [0.25, 0.3) is 5.91 Å². The van der Waals surface area contributed by atoms with E-state index in [2.05, 4.69) is 20.2 Å². The highest BCUT2D eigenvalue weighted by atomic mass is 16.5. The Balaban J connectivity index is 1.35. The van der Waals surface area contributed by atoms with Crippen LogP contribution in [0.15, 0.2) is 77.4 Å². The van der Waals surface area contributed by atoms with Crippen molar-refractivity contribution in [2.24, 2.45) is 0 Å². The maximum atomic E-state index is 13.6. The number of nitrogens with zero attached hydrogens (tertiary/aromatic N) is 6. The van der Waals surface area contributed by atoms with Crippen LogP contribution in [0.4, 0.5) is 5.82 Å². The second-order valence-corrected chi connectivity index (χ2v) is 10.7. The third kappa shape index (κ3) is 6.04. The van der Waals surface area contributed by atoms with Crippen LogP contribution in [0, 0.1) is 11.3 Å². The first kappa shape index (κ1) is 28.6. The number of ether oxygens (including phenoxy) is 1. The number of imidazole rings is 1. The summed E-state index contributed by atoms with van der Waals surface area (Å²) in [4.78, 5) is 37.3. The van der Waals surface area contributed by atoms with Crippen LogP contribution in [-0.4, -0.2) is 55.1 Å². The number of para-hydroxylation sites is 1. The average Bonchev–Trinajstić information content (AvgIpc) is 3.29. The SMILES string of the molecule is CC(C)(C=C(C#N)C(=O)NCCn1c(=O)n(-c2ccc(Oc3ccccc3)cc2)c2c(N)ncnc21)N1CCCCC1. The van der Waals surface area contributed by atoms with Crippen molar-refractivity contribution in [2.75, 3.05) is 25.4 Å². The minimum Gasteiger partial charge on any atom is -0.457 e. The van der Waals surface area contributed by atoms with E-state index in [0.29, 0.717) is 28.4 Å². The Morgan fingerprint density at radius 1 is 1.07 bits per heavy atom. The zero-order valence-corrected chi connectivity index (χ0v) is 23.8. The summed E-state index contributed by atoms with van der Waals surface area (Å²) in [5.74, 6) is 0.975. The molecule has 2 aromatic carbocycles. The maximum Gasteiger partial charge on any atom is 0.335 e. The van der Waals surface area contributed by atoms with E-state index in [-0.39, 0.29) is 30.2 Å². The lowest BCUT2D eigenvalue weighted by atomic mass is 9.95. The molecule has 0 spiro atoms. The summed E-state index contributed by atoms with van der Waals surface area (Å²) in [5, 5.41) is 12.5. The van der Waals surface area contributed by atoms with Gasteiger partial charge in [-0.15, -0.1) is 0 Å². The number of nitrogens with one attached hydrogen (secondary N) is 1. The van der Waals surface area contributed by atoms with Gasteiger partial charge in [-0.3, -0.25) is 18.8 Å². The molecule has 0 saturated carbocycles. The zero-order chi connectivity index (χ0) is 29.7. The molecule has 3 N–H and O–H groups in total. The van der Waals surface area contributed by atoms with E-state index in [1.54, 1.807) is 30.3 Å². The Morgan fingerprint density at radius 3 is 2.45 bits per heavy atom. The number of nitrogens with two attached hydrogens (primary N) is 1. The molecular weight excluding hydrogens is 532 g/mol. The van der Waals surface area contributed by atoms with Crippen LogP contribution >= 0.6 is 0 Å². The molecule has 216 valence electrons.